The van der Waals surface area contributed by atoms with Crippen molar-refractivity contribution in [3.05, 3.63) is 36.4 Å². The van der Waals surface area contributed by atoms with Crippen LogP contribution in [0, 0.1) is 0 Å². The average molecular weight is 318 g/mol. The summed E-state index contributed by atoms with van der Waals surface area (Å²) < 4.78 is 7.52. The van der Waals surface area contributed by atoms with E-state index >= 15 is 0 Å². The number of ether oxygens (including phenoxy) is 1. The summed E-state index contributed by atoms with van der Waals surface area (Å²) in [6, 6.07) is 4.07. The topological polar surface area (TPSA) is 64.9 Å². The number of hydrogen-bond donors (Lipinski definition) is 1. The molecule has 1 aliphatic rings. The van der Waals surface area contributed by atoms with Gasteiger partial charge in [-0.2, -0.15) is 0 Å². The minimum Gasteiger partial charge on any atom is -0.487 e. The number of pyridine rings is 1. The van der Waals surface area contributed by atoms with Crippen LogP contribution in [0.25, 0.3) is 0 Å². The molecule has 20 heavy (non-hydrogen) atoms. The molecular formula is C12H17Cl2N5O. The third kappa shape index (κ3) is 4.06. The smallest absolute Gasteiger partial charge is 0.134 e. The molecule has 110 valence electrons. The maximum atomic E-state index is 5.60. The second kappa shape index (κ2) is 8.04. The summed E-state index contributed by atoms with van der Waals surface area (Å²) >= 11 is 0. The van der Waals surface area contributed by atoms with Crippen LogP contribution in [0.3, 0.4) is 0 Å². The molecule has 1 unspecified atom stereocenters. The maximum Gasteiger partial charge on any atom is 0.134 e. The molecular weight excluding hydrogens is 301 g/mol. The summed E-state index contributed by atoms with van der Waals surface area (Å²) in [6.45, 7) is 2.45. The predicted octanol–water partition coefficient (Wildman–Crippen LogP) is 1.63. The monoisotopic (exact) mass is 317 g/mol. The standard InChI is InChI=1S/C12H15N5O.2ClH/c1-4-14-7-11(1)17-8-10(15-16-17)9-18-12-2-5-13-6-3-12;;/h2-3,5-6,8,11,14H,1,4,7,9H2;2*1H. The molecule has 0 saturated carbocycles. The van der Waals surface area contributed by atoms with Crippen LogP contribution in [-0.2, 0) is 6.61 Å². The van der Waals surface area contributed by atoms with Gasteiger partial charge < -0.3 is 10.1 Å². The number of halogens is 2. The van der Waals surface area contributed by atoms with Gasteiger partial charge in [-0.3, -0.25) is 4.98 Å². The van der Waals surface area contributed by atoms with Gasteiger partial charge in [0.25, 0.3) is 0 Å². The van der Waals surface area contributed by atoms with Crippen LogP contribution in [0.15, 0.2) is 30.7 Å². The molecule has 2 aromatic rings. The van der Waals surface area contributed by atoms with Gasteiger partial charge in [0.2, 0.25) is 0 Å². The molecule has 0 radical (unpaired) electrons. The van der Waals surface area contributed by atoms with E-state index in [9.17, 15) is 0 Å². The van der Waals surface area contributed by atoms with Crippen molar-refractivity contribution >= 4 is 24.8 Å². The lowest BCUT2D eigenvalue weighted by atomic mass is 10.3. The lowest BCUT2D eigenvalue weighted by Gasteiger charge is -2.06. The summed E-state index contributed by atoms with van der Waals surface area (Å²) in [5.74, 6) is 0.794. The summed E-state index contributed by atoms with van der Waals surface area (Å²) in [7, 11) is 0. The molecule has 0 amide bonds. The quantitative estimate of drug-likeness (QED) is 0.928. The highest BCUT2D eigenvalue weighted by Gasteiger charge is 2.17. The largest absolute Gasteiger partial charge is 0.487 e. The minimum atomic E-state index is 0. The predicted molar refractivity (Wildman–Crippen MR) is 79.6 cm³/mol. The fourth-order valence-electron chi connectivity index (χ4n) is 2.01. The van der Waals surface area contributed by atoms with Crippen molar-refractivity contribution in [3.63, 3.8) is 0 Å². The molecule has 0 spiro atoms. The van der Waals surface area contributed by atoms with Crippen LogP contribution >= 0.6 is 24.8 Å². The second-order valence-corrected chi connectivity index (χ2v) is 4.31. The Morgan fingerprint density at radius 3 is 2.80 bits per heavy atom. The zero-order chi connectivity index (χ0) is 12.2. The molecule has 6 nitrogen and oxygen atoms in total. The lowest BCUT2D eigenvalue weighted by molar-refractivity contribution is 0.301. The fraction of sp³-hybridized carbons (Fsp3) is 0.417. The summed E-state index contributed by atoms with van der Waals surface area (Å²) in [4.78, 5) is 3.94. The molecule has 2 aromatic heterocycles. The highest BCUT2D eigenvalue weighted by atomic mass is 35.5. The van der Waals surface area contributed by atoms with Crippen molar-refractivity contribution < 1.29 is 4.74 Å². The molecule has 1 saturated heterocycles. The molecule has 0 aliphatic carbocycles. The summed E-state index contributed by atoms with van der Waals surface area (Å²) in [5.41, 5.74) is 0.846. The van der Waals surface area contributed by atoms with Crippen LogP contribution in [0.2, 0.25) is 0 Å². The highest BCUT2D eigenvalue weighted by molar-refractivity contribution is 5.85. The van der Waals surface area contributed by atoms with Crippen molar-refractivity contribution in [3.8, 4) is 5.75 Å². The number of aromatic nitrogens is 4. The number of rotatable bonds is 4. The van der Waals surface area contributed by atoms with Gasteiger partial charge >= 0.3 is 0 Å². The molecule has 1 atom stereocenters. The van der Waals surface area contributed by atoms with Gasteiger partial charge in [-0.25, -0.2) is 4.68 Å². The van der Waals surface area contributed by atoms with Gasteiger partial charge in [-0.1, -0.05) is 5.21 Å². The maximum absolute atomic E-state index is 5.60. The molecule has 0 bridgehead atoms. The van der Waals surface area contributed by atoms with Crippen molar-refractivity contribution in [2.24, 2.45) is 0 Å². The first-order chi connectivity index (χ1) is 8.92. The van der Waals surface area contributed by atoms with Crippen LogP contribution in [0.1, 0.15) is 18.2 Å². The van der Waals surface area contributed by atoms with Gasteiger partial charge in [0.05, 0.1) is 12.2 Å². The van der Waals surface area contributed by atoms with Gasteiger partial charge in [0, 0.05) is 18.9 Å². The number of nitrogens with zero attached hydrogens (tertiary/aromatic N) is 4. The van der Waals surface area contributed by atoms with E-state index in [1.165, 1.54) is 0 Å². The molecule has 3 rings (SSSR count). The zero-order valence-corrected chi connectivity index (χ0v) is 12.4. The van der Waals surface area contributed by atoms with E-state index in [4.69, 9.17) is 4.74 Å². The summed E-state index contributed by atoms with van der Waals surface area (Å²) in [6.07, 6.45) is 6.47. The minimum absolute atomic E-state index is 0. The van der Waals surface area contributed by atoms with Crippen LogP contribution in [0.5, 0.6) is 5.75 Å². The first-order valence-electron chi connectivity index (χ1n) is 6.06. The first kappa shape index (κ1) is 16.7. The second-order valence-electron chi connectivity index (χ2n) is 4.31. The highest BCUT2D eigenvalue weighted by Crippen LogP contribution is 2.14. The van der Waals surface area contributed by atoms with E-state index in [2.05, 4.69) is 20.6 Å². The van der Waals surface area contributed by atoms with E-state index in [0.717, 1.165) is 31.0 Å². The number of hydrogen-bond acceptors (Lipinski definition) is 5. The normalized spacial score (nSPS) is 17.1. The van der Waals surface area contributed by atoms with Crippen molar-refractivity contribution in [1.82, 2.24) is 25.3 Å². The molecule has 0 aromatic carbocycles. The SMILES string of the molecule is Cl.Cl.c1cc(OCc2cn(C3CCNC3)nn2)ccn1. The van der Waals surface area contributed by atoms with Crippen molar-refractivity contribution in [2.75, 3.05) is 13.1 Å². The van der Waals surface area contributed by atoms with Gasteiger partial charge in [0.1, 0.15) is 18.1 Å². The number of nitrogens with one attached hydrogen (secondary N) is 1. The Morgan fingerprint density at radius 2 is 2.10 bits per heavy atom. The van der Waals surface area contributed by atoms with Crippen LogP contribution in [-0.4, -0.2) is 33.1 Å². The van der Waals surface area contributed by atoms with Gasteiger partial charge in [0.15, 0.2) is 0 Å². The van der Waals surface area contributed by atoms with Crippen LogP contribution < -0.4 is 10.1 Å². The third-order valence-corrected chi connectivity index (χ3v) is 3.00. The van der Waals surface area contributed by atoms with Gasteiger partial charge in [-0.05, 0) is 25.1 Å². The fourth-order valence-corrected chi connectivity index (χ4v) is 2.01. The van der Waals surface area contributed by atoms with E-state index < -0.39 is 0 Å². The molecule has 1 N–H and O–H groups in total. The third-order valence-electron chi connectivity index (χ3n) is 3.00. The van der Waals surface area contributed by atoms with E-state index in [1.54, 1.807) is 12.4 Å². The van der Waals surface area contributed by atoms with Crippen molar-refractivity contribution in [1.29, 1.82) is 0 Å². The summed E-state index contributed by atoms with van der Waals surface area (Å²) in [5, 5.41) is 11.6. The Labute approximate surface area is 129 Å². The van der Waals surface area contributed by atoms with Crippen molar-refractivity contribution in [2.45, 2.75) is 19.1 Å². The van der Waals surface area contributed by atoms with Crippen LogP contribution in [0.4, 0.5) is 0 Å². The Hall–Kier alpha value is -1.37. The Bertz CT molecular complexity index is 502. The average Bonchev–Trinajstić information content (AvgIpc) is 3.08. The van der Waals surface area contributed by atoms with Gasteiger partial charge in [-0.15, -0.1) is 29.9 Å². The molecule has 3 heterocycles. The van der Waals surface area contributed by atoms with E-state index in [-0.39, 0.29) is 24.8 Å². The van der Waals surface area contributed by atoms with E-state index in [0.29, 0.717) is 12.6 Å². The Morgan fingerprint density at radius 1 is 1.30 bits per heavy atom. The first-order valence-corrected chi connectivity index (χ1v) is 6.06. The lowest BCUT2D eigenvalue weighted by Crippen LogP contribution is -2.13. The molecule has 1 aliphatic heterocycles. The molecule has 1 fully saturated rings. The zero-order valence-electron chi connectivity index (χ0n) is 10.8. The Balaban J connectivity index is 0.000001000. The van der Waals surface area contributed by atoms with E-state index in [1.807, 2.05) is 23.0 Å². The Kier molecular flexibility index (Phi) is 6.70. The molecule has 8 heteroatoms.